The standard InChI is InChI=1S/C16H15FN6O3S.ClH/c1-7-13(21-27-20-7)23-6-10(16(25)26)12(24)9-4-11(17)15(19-14(9)23)22-3-2-8(18)5-22;/h4,6,8H,2-3,5,18H2,1H3,(H,25,26);1H/t8-;/m0./s1. The molecule has 3 aromatic heterocycles. The molecule has 9 nitrogen and oxygen atoms in total. The van der Waals surface area contributed by atoms with Gasteiger partial charge in [-0.15, -0.1) is 12.4 Å². The maximum atomic E-state index is 14.7. The van der Waals surface area contributed by atoms with Gasteiger partial charge in [0.05, 0.1) is 22.8 Å². The molecule has 1 atom stereocenters. The van der Waals surface area contributed by atoms with E-state index < -0.39 is 22.8 Å². The largest absolute Gasteiger partial charge is 0.477 e. The molecule has 0 bridgehead atoms. The number of halogens is 2. The van der Waals surface area contributed by atoms with Crippen LogP contribution in [0.2, 0.25) is 0 Å². The maximum absolute atomic E-state index is 14.7. The number of pyridine rings is 2. The zero-order valence-corrected chi connectivity index (χ0v) is 16.3. The van der Waals surface area contributed by atoms with E-state index in [1.807, 2.05) is 0 Å². The molecule has 0 radical (unpaired) electrons. The number of fused-ring (bicyclic) bond motifs is 1. The Bertz CT molecular complexity index is 1130. The van der Waals surface area contributed by atoms with Crippen LogP contribution < -0.4 is 16.1 Å². The third-order valence-electron chi connectivity index (χ3n) is 4.52. The van der Waals surface area contributed by atoms with Gasteiger partial charge < -0.3 is 15.7 Å². The number of rotatable bonds is 3. The van der Waals surface area contributed by atoms with E-state index in [-0.39, 0.29) is 35.3 Å². The predicted molar refractivity (Wildman–Crippen MR) is 105 cm³/mol. The van der Waals surface area contributed by atoms with Crippen molar-refractivity contribution in [3.63, 3.8) is 0 Å². The second-order valence-corrected chi connectivity index (χ2v) is 6.91. The van der Waals surface area contributed by atoms with Crippen LogP contribution in [0.4, 0.5) is 10.2 Å². The molecule has 1 fully saturated rings. The highest BCUT2D eigenvalue weighted by Crippen LogP contribution is 2.26. The lowest BCUT2D eigenvalue weighted by atomic mass is 10.2. The minimum Gasteiger partial charge on any atom is -0.477 e. The summed E-state index contributed by atoms with van der Waals surface area (Å²) in [5.41, 5.74) is 5.27. The molecule has 0 aromatic carbocycles. The third kappa shape index (κ3) is 3.21. The first-order valence-electron chi connectivity index (χ1n) is 8.16. The van der Waals surface area contributed by atoms with Crippen molar-refractivity contribution in [2.45, 2.75) is 19.4 Å². The lowest BCUT2D eigenvalue weighted by molar-refractivity contribution is 0.0695. The van der Waals surface area contributed by atoms with Crippen molar-refractivity contribution in [2.75, 3.05) is 18.0 Å². The average molecular weight is 427 g/mol. The fraction of sp³-hybridized carbons (Fsp3) is 0.312. The summed E-state index contributed by atoms with van der Waals surface area (Å²) in [6.07, 6.45) is 1.86. The van der Waals surface area contributed by atoms with Crippen LogP contribution in [-0.2, 0) is 0 Å². The van der Waals surface area contributed by atoms with Crippen LogP contribution in [0.15, 0.2) is 17.1 Å². The summed E-state index contributed by atoms with van der Waals surface area (Å²) in [5, 5.41) is 9.23. The molecule has 0 saturated carbocycles. The Morgan fingerprint density at radius 3 is 2.71 bits per heavy atom. The van der Waals surface area contributed by atoms with Crippen molar-refractivity contribution in [1.82, 2.24) is 18.3 Å². The highest BCUT2D eigenvalue weighted by Gasteiger charge is 2.26. The SMILES string of the molecule is Cc1nsnc1-n1cc(C(=O)O)c(=O)c2cc(F)c(N3CC[C@H](N)C3)nc21.Cl. The molecular formula is C16H16ClFN6O3S. The summed E-state index contributed by atoms with van der Waals surface area (Å²) in [7, 11) is 0. The van der Waals surface area contributed by atoms with Gasteiger partial charge in [0.1, 0.15) is 5.56 Å². The van der Waals surface area contributed by atoms with Gasteiger partial charge in [0, 0.05) is 25.3 Å². The fourth-order valence-corrected chi connectivity index (χ4v) is 3.72. The average Bonchev–Trinajstić information content (AvgIpc) is 3.23. The molecule has 4 heterocycles. The van der Waals surface area contributed by atoms with E-state index in [1.165, 1.54) is 4.57 Å². The molecule has 1 aliphatic rings. The number of nitrogens with zero attached hydrogens (tertiary/aromatic N) is 5. The summed E-state index contributed by atoms with van der Waals surface area (Å²) in [5.74, 6) is -1.69. The number of carbonyl (C=O) groups is 1. The first-order chi connectivity index (χ1) is 12.9. The molecule has 28 heavy (non-hydrogen) atoms. The first-order valence-corrected chi connectivity index (χ1v) is 8.89. The number of carboxylic acid groups (broad SMARTS) is 1. The highest BCUT2D eigenvalue weighted by molar-refractivity contribution is 6.99. The summed E-state index contributed by atoms with van der Waals surface area (Å²) in [6.45, 7) is 2.70. The lowest BCUT2D eigenvalue weighted by Crippen LogP contribution is -2.28. The van der Waals surface area contributed by atoms with Crippen molar-refractivity contribution < 1.29 is 14.3 Å². The van der Waals surface area contributed by atoms with Gasteiger partial charge in [0.15, 0.2) is 23.1 Å². The third-order valence-corrected chi connectivity index (χ3v) is 5.13. The number of aromatic nitrogens is 4. The van der Waals surface area contributed by atoms with Crippen LogP contribution in [0, 0.1) is 12.7 Å². The smallest absolute Gasteiger partial charge is 0.341 e. The quantitative estimate of drug-likeness (QED) is 0.642. The molecule has 3 aromatic rings. The normalized spacial score (nSPS) is 16.4. The topological polar surface area (TPSA) is 127 Å². The van der Waals surface area contributed by atoms with E-state index in [0.717, 1.165) is 24.0 Å². The van der Waals surface area contributed by atoms with Crippen LogP contribution in [-0.4, -0.2) is 48.5 Å². The predicted octanol–water partition coefficient (Wildman–Crippen LogP) is 1.34. The number of aromatic carboxylic acids is 1. The number of hydrogen-bond acceptors (Lipinski definition) is 8. The van der Waals surface area contributed by atoms with Gasteiger partial charge in [-0.1, -0.05) is 0 Å². The van der Waals surface area contributed by atoms with Gasteiger partial charge in [-0.2, -0.15) is 8.75 Å². The summed E-state index contributed by atoms with van der Waals surface area (Å²) < 4.78 is 24.3. The van der Waals surface area contributed by atoms with E-state index in [0.29, 0.717) is 31.0 Å². The Morgan fingerprint density at radius 1 is 1.39 bits per heavy atom. The molecule has 4 rings (SSSR count). The molecule has 1 saturated heterocycles. The van der Waals surface area contributed by atoms with Crippen LogP contribution in [0.25, 0.3) is 16.9 Å². The summed E-state index contributed by atoms with van der Waals surface area (Å²) in [4.78, 5) is 30.1. The van der Waals surface area contributed by atoms with Crippen molar-refractivity contribution in [1.29, 1.82) is 0 Å². The molecule has 3 N–H and O–H groups in total. The molecule has 148 valence electrons. The molecule has 0 spiro atoms. The second kappa shape index (κ2) is 7.41. The first kappa shape index (κ1) is 20.1. The maximum Gasteiger partial charge on any atom is 0.341 e. The van der Waals surface area contributed by atoms with E-state index in [9.17, 15) is 19.1 Å². The highest BCUT2D eigenvalue weighted by atomic mass is 35.5. The lowest BCUT2D eigenvalue weighted by Gasteiger charge is -2.19. The van der Waals surface area contributed by atoms with Gasteiger partial charge in [0.25, 0.3) is 0 Å². The van der Waals surface area contributed by atoms with Gasteiger partial charge in [0.2, 0.25) is 5.43 Å². The minimum atomic E-state index is -1.41. The monoisotopic (exact) mass is 426 g/mol. The van der Waals surface area contributed by atoms with Gasteiger partial charge in [-0.3, -0.25) is 9.36 Å². The zero-order valence-electron chi connectivity index (χ0n) is 14.6. The number of anilines is 1. The van der Waals surface area contributed by atoms with E-state index in [2.05, 4.69) is 13.7 Å². The fourth-order valence-electron chi connectivity index (χ4n) is 3.18. The molecule has 0 unspecified atom stereocenters. The Balaban J connectivity index is 0.00000225. The van der Waals surface area contributed by atoms with Crippen LogP contribution in [0.1, 0.15) is 22.5 Å². The zero-order chi connectivity index (χ0) is 19.3. The van der Waals surface area contributed by atoms with Crippen molar-refractivity contribution >= 4 is 47.0 Å². The molecule has 0 aliphatic carbocycles. The Kier molecular flexibility index (Phi) is 5.33. The Hall–Kier alpha value is -2.63. The van der Waals surface area contributed by atoms with Crippen molar-refractivity contribution in [2.24, 2.45) is 5.73 Å². The number of hydrogen-bond donors (Lipinski definition) is 2. The summed E-state index contributed by atoms with van der Waals surface area (Å²) in [6, 6.07) is 0.950. The second-order valence-electron chi connectivity index (χ2n) is 6.38. The molecule has 12 heteroatoms. The van der Waals surface area contributed by atoms with Gasteiger partial charge >= 0.3 is 5.97 Å². The molecule has 0 amide bonds. The van der Waals surface area contributed by atoms with E-state index >= 15 is 0 Å². The Morgan fingerprint density at radius 2 is 2.14 bits per heavy atom. The van der Waals surface area contributed by atoms with Crippen LogP contribution in [0.3, 0.4) is 0 Å². The molecule has 1 aliphatic heterocycles. The van der Waals surface area contributed by atoms with Crippen molar-refractivity contribution in [3.8, 4) is 5.82 Å². The number of aryl methyl sites for hydroxylation is 1. The number of nitrogens with two attached hydrogens (primary N) is 1. The van der Waals surface area contributed by atoms with Gasteiger partial charge in [-0.25, -0.2) is 14.2 Å². The van der Waals surface area contributed by atoms with Gasteiger partial charge in [-0.05, 0) is 19.4 Å². The Labute approximate surface area is 168 Å². The van der Waals surface area contributed by atoms with Crippen molar-refractivity contribution in [3.05, 3.63) is 39.6 Å². The number of carboxylic acids is 1. The van der Waals surface area contributed by atoms with E-state index in [4.69, 9.17) is 5.73 Å². The van der Waals surface area contributed by atoms with Crippen LogP contribution in [0.5, 0.6) is 0 Å². The molecular weight excluding hydrogens is 411 g/mol. The summed E-state index contributed by atoms with van der Waals surface area (Å²) >= 11 is 0.946. The van der Waals surface area contributed by atoms with Crippen LogP contribution >= 0.6 is 24.1 Å². The minimum absolute atomic E-state index is 0. The van der Waals surface area contributed by atoms with E-state index in [1.54, 1.807) is 11.8 Å².